The fourth-order valence-electron chi connectivity index (χ4n) is 0. The van der Waals surface area contributed by atoms with E-state index >= 15 is 0 Å². The topological polar surface area (TPSA) is 115 Å². The van der Waals surface area contributed by atoms with Gasteiger partial charge in [0.25, 0.3) is 5.97 Å². The van der Waals surface area contributed by atoms with Crippen LogP contribution in [0, 0.1) is 0 Å². The zero-order chi connectivity index (χ0) is 21.0. The number of Topliss-reactive ketones (excluding diaryl/α,β-unsaturated/α-hetero) is 3. The van der Waals surface area contributed by atoms with Gasteiger partial charge in [0.15, 0.2) is 0 Å². The number of ketones is 3. The molecule has 0 aliphatic carbocycles. The molecule has 0 aliphatic heterocycles. The van der Waals surface area contributed by atoms with Gasteiger partial charge in [-0.3, -0.25) is 4.79 Å². The van der Waals surface area contributed by atoms with E-state index in [-0.39, 0.29) is 17.3 Å². The van der Waals surface area contributed by atoms with Gasteiger partial charge in [-0.05, 0) is 48.6 Å². The third-order valence-electron chi connectivity index (χ3n) is 0. The Labute approximate surface area is 143 Å². The van der Waals surface area contributed by atoms with Crippen molar-refractivity contribution >= 4 is 23.3 Å². The number of hydrogen-bond acceptors (Lipinski definition) is 5. The number of carbonyl (C=O) groups excluding carboxylic acids is 3. The average Bonchev–Trinajstić information content (AvgIpc) is 2.31. The molecule has 23 heavy (non-hydrogen) atoms. The second kappa shape index (κ2) is 59.0. The molecule has 0 saturated heterocycles. The first kappa shape index (κ1) is 43.0. The predicted octanol–water partition coefficient (Wildman–Crippen LogP) is 3.89. The van der Waals surface area contributed by atoms with Crippen molar-refractivity contribution in [2.45, 2.75) is 82.6 Å². The Bertz CT molecular complexity index is 175. The van der Waals surface area contributed by atoms with Gasteiger partial charge in [-0.15, -0.1) is 0 Å². The van der Waals surface area contributed by atoms with Gasteiger partial charge in [-0.1, -0.05) is 34.1 Å². The maximum absolute atomic E-state index is 9.44. The van der Waals surface area contributed by atoms with Crippen molar-refractivity contribution in [3.63, 3.8) is 0 Å². The van der Waals surface area contributed by atoms with Crippen LogP contribution in [-0.4, -0.2) is 35.5 Å². The number of carbonyl (C=O) groups is 4. The van der Waals surface area contributed by atoms with Gasteiger partial charge in [0.05, 0.1) is 0 Å². The molecule has 0 atom stereocenters. The van der Waals surface area contributed by atoms with Crippen LogP contribution in [0.25, 0.3) is 0 Å². The highest BCUT2D eigenvalue weighted by Gasteiger charge is 1.65. The normalized spacial score (nSPS) is 5.78. The summed E-state index contributed by atoms with van der Waals surface area (Å²) >= 11 is 0. The Morgan fingerprint density at radius 1 is 0.652 bits per heavy atom. The summed E-state index contributed by atoms with van der Waals surface area (Å²) in [7, 11) is 1.50. The number of carboxylic acids is 1. The number of rotatable bonds is 0. The van der Waals surface area contributed by atoms with Crippen molar-refractivity contribution in [2.24, 2.45) is 5.73 Å². The third-order valence-corrected chi connectivity index (χ3v) is 0. The molecule has 0 saturated carbocycles. The van der Waals surface area contributed by atoms with Crippen molar-refractivity contribution in [2.75, 3.05) is 7.05 Å². The molecule has 0 radical (unpaired) electrons. The SMILES string of the molecule is CC.CC(=O)O.CC(C)=O.CC(C)=O.CC(C)=O.CCC.CN. The van der Waals surface area contributed by atoms with E-state index in [1.807, 2.05) is 13.8 Å². The van der Waals surface area contributed by atoms with Crippen LogP contribution in [0.2, 0.25) is 0 Å². The van der Waals surface area contributed by atoms with Crippen molar-refractivity contribution in [1.82, 2.24) is 0 Å². The number of carboxylic acid groups (broad SMARTS) is 1. The molecule has 3 N–H and O–H groups in total. The zero-order valence-electron chi connectivity index (χ0n) is 17.4. The summed E-state index contributed by atoms with van der Waals surface area (Å²) in [4.78, 5) is 37.3. The molecule has 0 aromatic rings. The third kappa shape index (κ3) is 2860. The van der Waals surface area contributed by atoms with Gasteiger partial charge in [0.2, 0.25) is 0 Å². The van der Waals surface area contributed by atoms with Crippen LogP contribution in [0.5, 0.6) is 0 Å². The average molecular weight is 340 g/mol. The molecule has 0 aliphatic rings. The largest absolute Gasteiger partial charge is 0.481 e. The minimum absolute atomic E-state index is 0.167. The van der Waals surface area contributed by atoms with Crippen LogP contribution in [0.15, 0.2) is 0 Å². The number of nitrogens with two attached hydrogens (primary N) is 1. The molecule has 0 unspecified atom stereocenters. The monoisotopic (exact) mass is 339 g/mol. The first-order chi connectivity index (χ1) is 10.3. The number of aliphatic carboxylic acids is 1. The van der Waals surface area contributed by atoms with Gasteiger partial charge in [0, 0.05) is 6.92 Å². The summed E-state index contributed by atoms with van der Waals surface area (Å²) in [6, 6.07) is 0. The van der Waals surface area contributed by atoms with E-state index in [1.54, 1.807) is 0 Å². The molecule has 144 valence electrons. The lowest BCUT2D eigenvalue weighted by Gasteiger charge is -1.59. The predicted molar refractivity (Wildman–Crippen MR) is 99.8 cm³/mol. The first-order valence-electron chi connectivity index (χ1n) is 7.53. The summed E-state index contributed by atoms with van der Waals surface area (Å²) in [5.41, 5.74) is 4.50. The van der Waals surface area contributed by atoms with Crippen molar-refractivity contribution in [1.29, 1.82) is 0 Å². The lowest BCUT2D eigenvalue weighted by Crippen LogP contribution is -1.78. The summed E-state index contributed by atoms with van der Waals surface area (Å²) in [6.07, 6.45) is 1.25. The number of hydrogen-bond donors (Lipinski definition) is 2. The van der Waals surface area contributed by atoms with Gasteiger partial charge in [0.1, 0.15) is 17.3 Å². The van der Waals surface area contributed by atoms with E-state index in [9.17, 15) is 14.4 Å². The zero-order valence-corrected chi connectivity index (χ0v) is 17.4. The van der Waals surface area contributed by atoms with Crippen LogP contribution < -0.4 is 5.73 Å². The van der Waals surface area contributed by atoms with Crippen LogP contribution in [0.1, 0.15) is 82.6 Å². The Morgan fingerprint density at radius 2 is 0.652 bits per heavy atom. The summed E-state index contributed by atoms with van der Waals surface area (Å²) in [5.74, 6) is -0.333. The molecule has 0 aromatic carbocycles. The minimum Gasteiger partial charge on any atom is -0.481 e. The van der Waals surface area contributed by atoms with E-state index < -0.39 is 5.97 Å². The molecule has 0 bridgehead atoms. The molecule has 0 rings (SSSR count). The fourth-order valence-corrected chi connectivity index (χ4v) is 0. The molecule has 0 heterocycles. The molecule has 0 fully saturated rings. The van der Waals surface area contributed by atoms with Crippen molar-refractivity contribution in [3.05, 3.63) is 0 Å². The quantitative estimate of drug-likeness (QED) is 0.691. The highest BCUT2D eigenvalue weighted by Crippen LogP contribution is 1.56. The van der Waals surface area contributed by atoms with Crippen LogP contribution in [-0.2, 0) is 19.2 Å². The van der Waals surface area contributed by atoms with E-state index in [1.165, 1.54) is 55.0 Å². The molecule has 0 spiro atoms. The van der Waals surface area contributed by atoms with Crippen LogP contribution in [0.3, 0.4) is 0 Å². The highest BCUT2D eigenvalue weighted by atomic mass is 16.4. The van der Waals surface area contributed by atoms with E-state index in [0.29, 0.717) is 0 Å². The van der Waals surface area contributed by atoms with Crippen LogP contribution in [0.4, 0.5) is 0 Å². The fraction of sp³-hybridized carbons (Fsp3) is 0.765. The Kier molecular flexibility index (Phi) is 110. The van der Waals surface area contributed by atoms with Crippen LogP contribution >= 0.6 is 0 Å². The van der Waals surface area contributed by atoms with Gasteiger partial charge < -0.3 is 25.2 Å². The lowest BCUT2D eigenvalue weighted by molar-refractivity contribution is -0.134. The van der Waals surface area contributed by atoms with E-state index in [2.05, 4.69) is 19.6 Å². The minimum atomic E-state index is -0.833. The Balaban J connectivity index is -0.0000000265. The summed E-state index contributed by atoms with van der Waals surface area (Å²) in [6.45, 7) is 18.5. The Hall–Kier alpha value is -1.56. The second-order valence-corrected chi connectivity index (χ2v) is 3.95. The van der Waals surface area contributed by atoms with E-state index in [4.69, 9.17) is 9.90 Å². The van der Waals surface area contributed by atoms with Gasteiger partial charge >= 0.3 is 0 Å². The molecular formula is C17H41NO5. The highest BCUT2D eigenvalue weighted by molar-refractivity contribution is 5.72. The van der Waals surface area contributed by atoms with Gasteiger partial charge in [-0.2, -0.15) is 0 Å². The molecular weight excluding hydrogens is 298 g/mol. The van der Waals surface area contributed by atoms with Crippen molar-refractivity contribution in [3.8, 4) is 0 Å². The molecule has 6 heteroatoms. The molecule has 0 amide bonds. The lowest BCUT2D eigenvalue weighted by atomic mass is 10.6. The van der Waals surface area contributed by atoms with Crippen molar-refractivity contribution < 1.29 is 24.3 Å². The van der Waals surface area contributed by atoms with E-state index in [0.717, 1.165) is 6.92 Å². The maximum Gasteiger partial charge on any atom is 0.300 e. The Morgan fingerprint density at radius 3 is 0.652 bits per heavy atom. The van der Waals surface area contributed by atoms with Gasteiger partial charge in [-0.25, -0.2) is 0 Å². The summed E-state index contributed by atoms with van der Waals surface area (Å²) < 4.78 is 0. The standard InChI is InChI=1S/3C3H6O.C3H8.C2H4O2.C2H6.CH5N/c3*1-3(2)4;1-3-2;1-2(3)4;2*1-2/h3*1-2H3;3H2,1-2H3;1H3,(H,3,4);1-2H3;2H2,1H3. The second-order valence-electron chi connectivity index (χ2n) is 3.95. The molecule has 0 aromatic heterocycles. The molecule has 6 nitrogen and oxygen atoms in total. The first-order valence-corrected chi connectivity index (χ1v) is 7.53. The smallest absolute Gasteiger partial charge is 0.300 e. The summed E-state index contributed by atoms with van der Waals surface area (Å²) in [5, 5.41) is 7.42. The maximum atomic E-state index is 9.44.